The fourth-order valence-corrected chi connectivity index (χ4v) is 11.4. The van der Waals surface area contributed by atoms with Gasteiger partial charge in [0.05, 0.1) is 18.3 Å². The fourth-order valence-electron chi connectivity index (χ4n) is 10.8. The molecule has 4 fully saturated rings. The van der Waals surface area contributed by atoms with E-state index in [1.807, 2.05) is 0 Å². The van der Waals surface area contributed by atoms with Gasteiger partial charge in [0.2, 0.25) is 0 Å². The lowest BCUT2D eigenvalue weighted by atomic mass is 9.43. The lowest BCUT2D eigenvalue weighted by Crippen LogP contribution is -2.63. The summed E-state index contributed by atoms with van der Waals surface area (Å²) < 4.78 is 44.0. The number of sulfone groups is 1. The van der Waals surface area contributed by atoms with E-state index >= 15 is 0 Å². The van der Waals surface area contributed by atoms with Gasteiger partial charge in [-0.15, -0.1) is 0 Å². The van der Waals surface area contributed by atoms with Crippen LogP contribution in [-0.2, 0) is 24.0 Å². The number of ether oxygens (including phenoxy) is 3. The molecule has 0 amide bonds. The van der Waals surface area contributed by atoms with Gasteiger partial charge in [-0.1, -0.05) is 36.1 Å². The summed E-state index contributed by atoms with van der Waals surface area (Å²) in [5, 5.41) is 11.1. The van der Waals surface area contributed by atoms with Gasteiger partial charge < -0.3 is 14.2 Å². The van der Waals surface area contributed by atoms with E-state index in [9.17, 15) is 8.42 Å². The predicted octanol–water partition coefficient (Wildman–Crippen LogP) is 8.58. The van der Waals surface area contributed by atoms with Crippen molar-refractivity contribution < 1.29 is 22.6 Å². The molecule has 4 saturated carbocycles. The molecule has 0 radical (unpaired) electrons. The van der Waals surface area contributed by atoms with Crippen LogP contribution >= 0.6 is 0 Å². The first-order valence-electron chi connectivity index (χ1n) is 18.5. The van der Waals surface area contributed by atoms with Crippen LogP contribution in [0.2, 0.25) is 0 Å². The van der Waals surface area contributed by atoms with Gasteiger partial charge in [0.25, 0.3) is 0 Å². The van der Waals surface area contributed by atoms with Gasteiger partial charge in [0.15, 0.2) is 0 Å². The Hall–Kier alpha value is -2.24. The molecule has 0 saturated heterocycles. The van der Waals surface area contributed by atoms with Crippen molar-refractivity contribution in [2.45, 2.75) is 116 Å². The van der Waals surface area contributed by atoms with E-state index in [-0.39, 0.29) is 34.9 Å². The van der Waals surface area contributed by atoms with Crippen molar-refractivity contribution >= 4 is 9.84 Å². The minimum atomic E-state index is -3.01. The number of nitrogens with zero attached hydrogens (tertiary/aromatic N) is 9. The monoisotopic (exact) mass is 705 g/mol. The maximum Gasteiger partial charge on any atom is 0.147 e. The number of hydrogen-bond acceptors (Lipinski definition) is 8. The molecule has 4 aliphatic carbocycles. The first kappa shape index (κ1) is 39.5. The highest BCUT2D eigenvalue weighted by Crippen LogP contribution is 2.69. The zero-order valence-electron chi connectivity index (χ0n) is 30.1. The van der Waals surface area contributed by atoms with Crippen molar-refractivity contribution in [1.82, 2.24) is 0 Å². The van der Waals surface area contributed by atoms with Gasteiger partial charge in [0, 0.05) is 71.6 Å². The quantitative estimate of drug-likeness (QED) is 0.0526. The molecule has 4 aliphatic rings. The van der Waals surface area contributed by atoms with Crippen LogP contribution in [0.3, 0.4) is 0 Å². The third-order valence-electron chi connectivity index (χ3n) is 13.0. The smallest absolute Gasteiger partial charge is 0.147 e. The second kappa shape index (κ2) is 18.3. The molecule has 0 heterocycles. The van der Waals surface area contributed by atoms with Gasteiger partial charge >= 0.3 is 0 Å². The largest absolute Gasteiger partial charge is 0.378 e. The lowest BCUT2D eigenvalue weighted by molar-refractivity contribution is -0.227. The molecule has 0 spiro atoms. The first-order chi connectivity index (χ1) is 23.5. The summed E-state index contributed by atoms with van der Waals surface area (Å²) in [4.78, 5) is 8.70. The molecule has 0 aromatic heterocycles. The van der Waals surface area contributed by atoms with Crippen LogP contribution in [0.5, 0.6) is 0 Å². The molecule has 15 heteroatoms. The molecule has 0 aromatic carbocycles. The molecule has 14 nitrogen and oxygen atoms in total. The fraction of sp³-hybridized carbons (Fsp3) is 1.00. The summed E-state index contributed by atoms with van der Waals surface area (Å²) in [5.41, 5.74) is 26.3. The molecule has 4 rings (SSSR count). The van der Waals surface area contributed by atoms with E-state index in [4.69, 9.17) is 30.8 Å². The van der Waals surface area contributed by atoms with E-state index in [1.165, 1.54) is 6.26 Å². The molecule has 11 atom stereocenters. The maximum atomic E-state index is 12.0. The zero-order chi connectivity index (χ0) is 35.5. The third-order valence-corrected chi connectivity index (χ3v) is 14.0. The van der Waals surface area contributed by atoms with Crippen molar-refractivity contribution in [2.75, 3.05) is 51.5 Å². The molecular weight excluding hydrogens is 646 g/mol. The van der Waals surface area contributed by atoms with Crippen molar-refractivity contribution in [1.29, 1.82) is 0 Å². The lowest BCUT2D eigenvalue weighted by Gasteiger charge is -2.65. The second-order valence-corrected chi connectivity index (χ2v) is 18.0. The summed E-state index contributed by atoms with van der Waals surface area (Å²) in [6, 6.07) is 0. The molecule has 0 aromatic rings. The summed E-state index contributed by atoms with van der Waals surface area (Å²) in [7, 11) is -3.01. The van der Waals surface area contributed by atoms with E-state index in [2.05, 4.69) is 50.8 Å². The van der Waals surface area contributed by atoms with Gasteiger partial charge in [-0.25, -0.2) is 8.42 Å². The summed E-state index contributed by atoms with van der Waals surface area (Å²) in [5.74, 6) is 2.63. The average Bonchev–Trinajstić information content (AvgIpc) is 3.42. The number of fused-ring (bicyclic) bond motifs is 5. The summed E-state index contributed by atoms with van der Waals surface area (Å²) in [6.07, 6.45) is 12.5. The van der Waals surface area contributed by atoms with Crippen LogP contribution in [0, 0.1) is 46.3 Å². The van der Waals surface area contributed by atoms with Crippen molar-refractivity contribution in [2.24, 2.45) is 61.7 Å². The highest BCUT2D eigenvalue weighted by molar-refractivity contribution is 7.90. The van der Waals surface area contributed by atoms with Crippen LogP contribution in [0.4, 0.5) is 0 Å². The van der Waals surface area contributed by atoms with Crippen molar-refractivity contribution in [3.63, 3.8) is 0 Å². The Kier molecular flexibility index (Phi) is 14.8. The Bertz CT molecular complexity index is 1330. The standard InChI is InChI=1S/C34H59N9O5S/c1-24(9-5-20-49(4,44)45)27-10-11-28-32-29(23-31(34(27,28)3)48-19-8-16-40-43-37)33(2)13-12-26(46-17-6-14-38-41-35)21-25(33)22-30(32)47-18-7-15-39-42-36/h24-32H,5-23H2,1-4H3/t24-,25+,26-,27-,28+,29+,30-,31+,32+,33+,34-/m1/s1. The normalized spacial score (nSPS) is 35.8. The van der Waals surface area contributed by atoms with Crippen LogP contribution < -0.4 is 0 Å². The zero-order valence-corrected chi connectivity index (χ0v) is 30.9. The molecule has 276 valence electrons. The SMILES string of the molecule is C[C@H](CCCS(C)(=O)=O)[C@H]1CC[C@H]2[C@@H]3[C@H](OCCCN=[N+]=[N-])C[C@@H]4C[C@H](OCCCN=[N+]=[N-])CC[C@]4(C)[C@H]3C[C@H](OCCCN=[N+]=[N-])[C@]12C. The molecule has 49 heavy (non-hydrogen) atoms. The van der Waals surface area contributed by atoms with E-state index < -0.39 is 9.84 Å². The number of hydrogen-bond donors (Lipinski definition) is 0. The third kappa shape index (κ3) is 9.76. The first-order valence-corrected chi connectivity index (χ1v) is 20.6. The highest BCUT2D eigenvalue weighted by Gasteiger charge is 2.66. The van der Waals surface area contributed by atoms with E-state index in [0.29, 0.717) is 94.2 Å². The van der Waals surface area contributed by atoms with Crippen molar-refractivity contribution in [3.05, 3.63) is 31.3 Å². The molecule has 0 aliphatic heterocycles. The van der Waals surface area contributed by atoms with Gasteiger partial charge in [-0.3, -0.25) is 0 Å². The van der Waals surface area contributed by atoms with Crippen molar-refractivity contribution in [3.8, 4) is 0 Å². The Morgan fingerprint density at radius 2 is 1.41 bits per heavy atom. The van der Waals surface area contributed by atoms with Gasteiger partial charge in [-0.2, -0.15) is 0 Å². The molecular formula is C34H59N9O5S. The van der Waals surface area contributed by atoms with Gasteiger partial charge in [-0.05, 0) is 135 Å². The second-order valence-electron chi connectivity index (χ2n) is 15.7. The number of azide groups is 3. The Balaban J connectivity index is 1.61. The van der Waals surface area contributed by atoms with Crippen LogP contribution in [0.15, 0.2) is 15.3 Å². The van der Waals surface area contributed by atoms with Crippen LogP contribution in [0.25, 0.3) is 31.3 Å². The summed E-state index contributed by atoms with van der Waals surface area (Å²) in [6.45, 7) is 10.2. The van der Waals surface area contributed by atoms with E-state index in [0.717, 1.165) is 57.8 Å². The number of rotatable bonds is 20. The van der Waals surface area contributed by atoms with E-state index in [1.54, 1.807) is 0 Å². The minimum absolute atomic E-state index is 0.0468. The molecule has 0 N–H and O–H groups in total. The molecule has 0 unspecified atom stereocenters. The van der Waals surface area contributed by atoms with Gasteiger partial charge in [0.1, 0.15) is 9.84 Å². The summed E-state index contributed by atoms with van der Waals surface area (Å²) >= 11 is 0. The topological polar surface area (TPSA) is 208 Å². The van der Waals surface area contributed by atoms with Crippen LogP contribution in [0.1, 0.15) is 97.8 Å². The Labute approximate surface area is 292 Å². The molecule has 0 bridgehead atoms. The highest BCUT2D eigenvalue weighted by atomic mass is 32.2. The average molecular weight is 706 g/mol. The maximum absolute atomic E-state index is 12.0. The Morgan fingerprint density at radius 3 is 2.02 bits per heavy atom. The predicted molar refractivity (Wildman–Crippen MR) is 189 cm³/mol. The minimum Gasteiger partial charge on any atom is -0.378 e. The van der Waals surface area contributed by atoms with Crippen LogP contribution in [-0.4, -0.2) is 78.2 Å². The Morgan fingerprint density at radius 1 is 0.796 bits per heavy atom.